The van der Waals surface area contributed by atoms with Gasteiger partial charge in [-0.3, -0.25) is 14.4 Å². The third kappa shape index (κ3) is 1.94. The Balaban J connectivity index is 1.99. The zero-order valence-corrected chi connectivity index (χ0v) is 12.7. The van der Waals surface area contributed by atoms with E-state index < -0.39 is 0 Å². The molecule has 2 aliphatic heterocycles. The molecule has 3 rings (SSSR count). The van der Waals surface area contributed by atoms with Gasteiger partial charge in [0, 0.05) is 28.4 Å². The Bertz CT molecular complexity index is 631. The molecular formula is C13H10BrClN2O3. The summed E-state index contributed by atoms with van der Waals surface area (Å²) in [6.45, 7) is 0.143. The maximum atomic E-state index is 12.4. The van der Waals surface area contributed by atoms with Crippen LogP contribution in [0.15, 0.2) is 16.6 Å². The fraction of sp³-hybridized carbons (Fsp3) is 0.308. The van der Waals surface area contributed by atoms with Gasteiger partial charge in [-0.15, -0.1) is 0 Å². The van der Waals surface area contributed by atoms with Gasteiger partial charge in [0.25, 0.3) is 5.91 Å². The lowest BCUT2D eigenvalue weighted by Gasteiger charge is -2.32. The molecule has 0 aromatic heterocycles. The van der Waals surface area contributed by atoms with Crippen LogP contribution in [0.2, 0.25) is 5.02 Å². The van der Waals surface area contributed by atoms with E-state index in [1.807, 2.05) is 0 Å². The molecule has 2 heterocycles. The molecule has 0 unspecified atom stereocenters. The Morgan fingerprint density at radius 3 is 2.40 bits per heavy atom. The van der Waals surface area contributed by atoms with Crippen LogP contribution < -0.4 is 0 Å². The number of imide groups is 1. The molecule has 0 saturated carbocycles. The van der Waals surface area contributed by atoms with E-state index in [0.717, 1.165) is 5.01 Å². The number of benzene rings is 1. The number of carbonyl (C=O) groups is 3. The predicted octanol–water partition coefficient (Wildman–Crippen LogP) is 2.51. The van der Waals surface area contributed by atoms with E-state index >= 15 is 0 Å². The van der Waals surface area contributed by atoms with Gasteiger partial charge < -0.3 is 0 Å². The number of rotatable bonds is 1. The molecule has 1 aromatic carbocycles. The molecule has 0 N–H and O–H groups in total. The summed E-state index contributed by atoms with van der Waals surface area (Å²) in [7, 11) is 0. The van der Waals surface area contributed by atoms with Crippen LogP contribution in [-0.2, 0) is 16.1 Å². The second-order valence-electron chi connectivity index (χ2n) is 4.70. The van der Waals surface area contributed by atoms with Gasteiger partial charge in [-0.05, 0) is 34.5 Å². The quantitative estimate of drug-likeness (QED) is 0.726. The Morgan fingerprint density at radius 2 is 1.75 bits per heavy atom. The minimum Gasteiger partial charge on any atom is -0.273 e. The molecule has 0 radical (unpaired) electrons. The molecule has 1 aromatic rings. The highest BCUT2D eigenvalue weighted by Gasteiger charge is 2.40. The number of piperidine rings is 1. The van der Waals surface area contributed by atoms with E-state index in [0.29, 0.717) is 27.0 Å². The summed E-state index contributed by atoms with van der Waals surface area (Å²) in [4.78, 5) is 36.2. The molecule has 20 heavy (non-hydrogen) atoms. The molecule has 2 aliphatic rings. The highest BCUT2D eigenvalue weighted by atomic mass is 79.9. The van der Waals surface area contributed by atoms with Crippen molar-refractivity contribution in [2.24, 2.45) is 0 Å². The number of carbonyl (C=O) groups excluding carboxylic acids is 3. The Kier molecular flexibility index (Phi) is 3.30. The van der Waals surface area contributed by atoms with Crippen molar-refractivity contribution < 1.29 is 14.4 Å². The maximum Gasteiger partial charge on any atom is 0.273 e. The van der Waals surface area contributed by atoms with Crippen molar-refractivity contribution in [1.82, 2.24) is 10.0 Å². The fourth-order valence-corrected chi connectivity index (χ4v) is 3.08. The van der Waals surface area contributed by atoms with Gasteiger partial charge in [0.1, 0.15) is 0 Å². The molecule has 7 heteroatoms. The van der Waals surface area contributed by atoms with Crippen LogP contribution in [-0.4, -0.2) is 27.7 Å². The van der Waals surface area contributed by atoms with Gasteiger partial charge >= 0.3 is 0 Å². The highest BCUT2D eigenvalue weighted by molar-refractivity contribution is 9.10. The van der Waals surface area contributed by atoms with Crippen molar-refractivity contribution in [1.29, 1.82) is 0 Å². The second-order valence-corrected chi connectivity index (χ2v) is 5.94. The van der Waals surface area contributed by atoms with Crippen molar-refractivity contribution in [3.8, 4) is 0 Å². The molecule has 0 spiro atoms. The van der Waals surface area contributed by atoms with E-state index in [2.05, 4.69) is 15.9 Å². The second kappa shape index (κ2) is 4.86. The standard InChI is InChI=1S/C13H10BrClN2O3/c14-9-5-4-7-8(12(9)15)6-16(13(7)20)17-10(18)2-1-3-11(17)19/h4-5H,1-3,6H2. The molecule has 1 saturated heterocycles. The van der Waals surface area contributed by atoms with Crippen LogP contribution in [0.5, 0.6) is 0 Å². The van der Waals surface area contributed by atoms with Crippen LogP contribution in [0.1, 0.15) is 35.2 Å². The van der Waals surface area contributed by atoms with E-state index in [4.69, 9.17) is 11.6 Å². The third-order valence-electron chi connectivity index (χ3n) is 3.46. The normalized spacial score (nSPS) is 18.8. The van der Waals surface area contributed by atoms with Gasteiger partial charge in [0.2, 0.25) is 11.8 Å². The molecular weight excluding hydrogens is 348 g/mol. The monoisotopic (exact) mass is 356 g/mol. The minimum atomic E-state index is -0.363. The smallest absolute Gasteiger partial charge is 0.273 e. The molecule has 0 atom stereocenters. The number of amides is 3. The number of nitrogens with zero attached hydrogens (tertiary/aromatic N) is 2. The van der Waals surface area contributed by atoms with Gasteiger partial charge in [-0.1, -0.05) is 11.6 Å². The zero-order chi connectivity index (χ0) is 14.4. The molecule has 104 valence electrons. The number of hydrogen-bond acceptors (Lipinski definition) is 3. The molecule has 5 nitrogen and oxygen atoms in total. The number of hydrogen-bond donors (Lipinski definition) is 0. The Hall–Kier alpha value is -1.40. The van der Waals surface area contributed by atoms with Crippen molar-refractivity contribution in [2.75, 3.05) is 0 Å². The SMILES string of the molecule is O=C1c2ccc(Br)c(Cl)c2CN1N1C(=O)CCCC1=O. The van der Waals surface area contributed by atoms with Gasteiger partial charge in [0.15, 0.2) is 0 Å². The highest BCUT2D eigenvalue weighted by Crippen LogP contribution is 2.35. The summed E-state index contributed by atoms with van der Waals surface area (Å²) < 4.78 is 0.684. The zero-order valence-electron chi connectivity index (χ0n) is 10.4. The number of halogens is 2. The first-order valence-corrected chi connectivity index (χ1v) is 7.32. The van der Waals surface area contributed by atoms with Crippen LogP contribution in [0, 0.1) is 0 Å². The predicted molar refractivity (Wildman–Crippen MR) is 74.7 cm³/mol. The average molecular weight is 358 g/mol. The third-order valence-corrected chi connectivity index (χ3v) is 4.78. The largest absolute Gasteiger partial charge is 0.273 e. The van der Waals surface area contributed by atoms with E-state index in [1.165, 1.54) is 5.01 Å². The van der Waals surface area contributed by atoms with Crippen molar-refractivity contribution in [3.63, 3.8) is 0 Å². The lowest BCUT2D eigenvalue weighted by Crippen LogP contribution is -2.52. The van der Waals surface area contributed by atoms with Crippen molar-refractivity contribution >= 4 is 45.3 Å². The maximum absolute atomic E-state index is 12.4. The first-order chi connectivity index (χ1) is 9.50. The number of fused-ring (bicyclic) bond motifs is 1. The Labute approximate surface area is 128 Å². The van der Waals surface area contributed by atoms with Crippen LogP contribution in [0.25, 0.3) is 0 Å². The van der Waals surface area contributed by atoms with Crippen LogP contribution in [0.4, 0.5) is 0 Å². The molecule has 0 aliphatic carbocycles. The van der Waals surface area contributed by atoms with Gasteiger partial charge in [-0.2, -0.15) is 5.01 Å². The molecule has 1 fully saturated rings. The van der Waals surface area contributed by atoms with E-state index in [1.54, 1.807) is 12.1 Å². The van der Waals surface area contributed by atoms with Gasteiger partial charge in [-0.25, -0.2) is 5.01 Å². The molecule has 0 bridgehead atoms. The first kappa shape index (κ1) is 13.6. The summed E-state index contributed by atoms with van der Waals surface area (Å²) in [5.74, 6) is -1.03. The van der Waals surface area contributed by atoms with Crippen molar-refractivity contribution in [3.05, 3.63) is 32.8 Å². The van der Waals surface area contributed by atoms with Crippen LogP contribution in [0.3, 0.4) is 0 Å². The van der Waals surface area contributed by atoms with Crippen LogP contribution >= 0.6 is 27.5 Å². The molecule has 3 amide bonds. The summed E-state index contributed by atoms with van der Waals surface area (Å²) in [5.41, 5.74) is 1.07. The lowest BCUT2D eigenvalue weighted by atomic mass is 10.1. The fourth-order valence-electron chi connectivity index (χ4n) is 2.48. The van der Waals surface area contributed by atoms with E-state index in [-0.39, 0.29) is 37.1 Å². The summed E-state index contributed by atoms with van der Waals surface area (Å²) >= 11 is 9.47. The number of hydrazine groups is 1. The van der Waals surface area contributed by atoms with E-state index in [9.17, 15) is 14.4 Å². The topological polar surface area (TPSA) is 57.7 Å². The summed E-state index contributed by atoms with van der Waals surface area (Å²) in [6, 6.07) is 3.33. The summed E-state index contributed by atoms with van der Waals surface area (Å²) in [5, 5.41) is 2.60. The lowest BCUT2D eigenvalue weighted by molar-refractivity contribution is -0.163. The van der Waals surface area contributed by atoms with Gasteiger partial charge in [0.05, 0.1) is 11.6 Å². The minimum absolute atomic E-state index is 0.143. The first-order valence-electron chi connectivity index (χ1n) is 6.15. The Morgan fingerprint density at radius 1 is 1.10 bits per heavy atom. The summed E-state index contributed by atoms with van der Waals surface area (Å²) in [6.07, 6.45) is 1.10. The van der Waals surface area contributed by atoms with Crippen molar-refractivity contribution in [2.45, 2.75) is 25.8 Å². The average Bonchev–Trinajstić information content (AvgIpc) is 2.72.